The monoisotopic (exact) mass is 452 g/mol. The summed E-state index contributed by atoms with van der Waals surface area (Å²) in [6.45, 7) is 5.55. The lowest BCUT2D eigenvalue weighted by molar-refractivity contribution is -0.142. The number of rotatable bonds is 9. The maximum absolute atomic E-state index is 12.7. The summed E-state index contributed by atoms with van der Waals surface area (Å²) in [6, 6.07) is 11.4. The number of amides is 1. The molecule has 0 spiro atoms. The quantitative estimate of drug-likeness (QED) is 0.568. The average Bonchev–Trinajstić information content (AvgIpc) is 2.68. The Bertz CT molecular complexity index is 973. The van der Waals surface area contributed by atoms with Crippen LogP contribution in [0.1, 0.15) is 26.3 Å². The maximum atomic E-state index is 12.7. The van der Waals surface area contributed by atoms with E-state index in [1.807, 2.05) is 0 Å². The molecule has 30 heavy (non-hydrogen) atoms. The van der Waals surface area contributed by atoms with E-state index < -0.39 is 22.0 Å². The topological polar surface area (TPSA) is 102 Å². The molecule has 7 nitrogen and oxygen atoms in total. The van der Waals surface area contributed by atoms with Crippen molar-refractivity contribution >= 4 is 39.2 Å². The number of sulfonamides is 1. The predicted molar refractivity (Wildman–Crippen MR) is 116 cm³/mol. The first kappa shape index (κ1) is 23.9. The molecule has 0 aliphatic carbocycles. The van der Waals surface area contributed by atoms with Crippen molar-refractivity contribution in [1.82, 2.24) is 4.72 Å². The van der Waals surface area contributed by atoms with E-state index in [1.165, 1.54) is 24.3 Å². The van der Waals surface area contributed by atoms with Crippen molar-refractivity contribution in [3.8, 4) is 0 Å². The number of nitrogens with one attached hydrogen (secondary N) is 2. The molecule has 0 fully saturated rings. The summed E-state index contributed by atoms with van der Waals surface area (Å²) in [5.41, 5.74) is 1.24. The fraction of sp³-hybridized carbons (Fsp3) is 0.333. The molecule has 162 valence electrons. The summed E-state index contributed by atoms with van der Waals surface area (Å²) in [5.74, 6) is -1.11. The standard InChI is InChI=1S/C21H25ClN2O5S/c1-4-29-19(25)13-15-5-9-17(10-6-15)23-21(26)20(14(2)3)24-30(27,28)18-11-7-16(22)8-12-18/h5-12,14,20,24H,4,13H2,1-3H3,(H,23,26). The molecule has 2 rings (SSSR count). The molecule has 0 aliphatic rings. The second kappa shape index (κ2) is 10.6. The molecular weight excluding hydrogens is 428 g/mol. The number of esters is 1. The fourth-order valence-corrected chi connectivity index (χ4v) is 4.12. The highest BCUT2D eigenvalue weighted by Gasteiger charge is 2.28. The van der Waals surface area contributed by atoms with Crippen LogP contribution in [0.3, 0.4) is 0 Å². The first-order valence-electron chi connectivity index (χ1n) is 9.45. The zero-order chi connectivity index (χ0) is 22.3. The molecule has 2 aromatic rings. The van der Waals surface area contributed by atoms with Gasteiger partial charge in [-0.2, -0.15) is 4.72 Å². The smallest absolute Gasteiger partial charge is 0.310 e. The van der Waals surface area contributed by atoms with Gasteiger partial charge in [0, 0.05) is 10.7 Å². The Morgan fingerprint density at radius 1 is 1.03 bits per heavy atom. The largest absolute Gasteiger partial charge is 0.466 e. The van der Waals surface area contributed by atoms with Crippen LogP contribution in [0.15, 0.2) is 53.4 Å². The van der Waals surface area contributed by atoms with Gasteiger partial charge in [-0.3, -0.25) is 9.59 Å². The van der Waals surface area contributed by atoms with E-state index in [4.69, 9.17) is 16.3 Å². The molecule has 2 aromatic carbocycles. The molecule has 0 saturated heterocycles. The zero-order valence-electron chi connectivity index (χ0n) is 17.0. The molecule has 1 atom stereocenters. The third-order valence-electron chi connectivity index (χ3n) is 4.23. The van der Waals surface area contributed by atoms with Crippen molar-refractivity contribution < 1.29 is 22.7 Å². The number of benzene rings is 2. The molecule has 0 bridgehead atoms. The minimum Gasteiger partial charge on any atom is -0.466 e. The number of carbonyl (C=O) groups excluding carboxylic acids is 2. The number of halogens is 1. The molecule has 9 heteroatoms. The predicted octanol–water partition coefficient (Wildman–Crippen LogP) is 3.39. The number of hydrogen-bond donors (Lipinski definition) is 2. The number of hydrogen-bond acceptors (Lipinski definition) is 5. The summed E-state index contributed by atoms with van der Waals surface area (Å²) in [7, 11) is -3.91. The Hall–Kier alpha value is -2.42. The summed E-state index contributed by atoms with van der Waals surface area (Å²) in [4.78, 5) is 24.3. The van der Waals surface area contributed by atoms with Crippen molar-refractivity contribution in [3.05, 3.63) is 59.1 Å². The Balaban J connectivity index is 2.08. The molecule has 1 unspecified atom stereocenters. The Labute approximate surface area is 181 Å². The fourth-order valence-electron chi connectivity index (χ4n) is 2.65. The zero-order valence-corrected chi connectivity index (χ0v) is 18.6. The van der Waals surface area contributed by atoms with Gasteiger partial charge in [0.25, 0.3) is 0 Å². The van der Waals surface area contributed by atoms with E-state index in [0.29, 0.717) is 17.3 Å². The van der Waals surface area contributed by atoms with E-state index in [0.717, 1.165) is 5.56 Å². The average molecular weight is 453 g/mol. The lowest BCUT2D eigenvalue weighted by Gasteiger charge is -2.21. The molecule has 2 N–H and O–H groups in total. The van der Waals surface area contributed by atoms with Crippen LogP contribution in [0.2, 0.25) is 5.02 Å². The lowest BCUT2D eigenvalue weighted by atomic mass is 10.0. The summed E-state index contributed by atoms with van der Waals surface area (Å²) < 4.78 is 32.6. The van der Waals surface area contributed by atoms with E-state index in [2.05, 4.69) is 10.0 Å². The maximum Gasteiger partial charge on any atom is 0.310 e. The highest BCUT2D eigenvalue weighted by Crippen LogP contribution is 2.17. The molecular formula is C21H25ClN2O5S. The van der Waals surface area contributed by atoms with Gasteiger partial charge in [-0.15, -0.1) is 0 Å². The lowest BCUT2D eigenvalue weighted by Crippen LogP contribution is -2.47. The number of carbonyl (C=O) groups is 2. The normalized spacial score (nSPS) is 12.4. The number of ether oxygens (including phenoxy) is 1. The first-order chi connectivity index (χ1) is 14.1. The van der Waals surface area contributed by atoms with Crippen LogP contribution in [-0.2, 0) is 30.8 Å². The minimum atomic E-state index is -3.91. The van der Waals surface area contributed by atoms with Gasteiger partial charge in [0.1, 0.15) is 6.04 Å². The van der Waals surface area contributed by atoms with Crippen LogP contribution >= 0.6 is 11.6 Å². The van der Waals surface area contributed by atoms with Crippen LogP contribution < -0.4 is 10.0 Å². The van der Waals surface area contributed by atoms with E-state index in [-0.39, 0.29) is 23.2 Å². The van der Waals surface area contributed by atoms with E-state index >= 15 is 0 Å². The van der Waals surface area contributed by atoms with Gasteiger partial charge in [0.15, 0.2) is 0 Å². The van der Waals surface area contributed by atoms with Crippen LogP contribution in [0.4, 0.5) is 5.69 Å². The Morgan fingerprint density at radius 2 is 1.63 bits per heavy atom. The van der Waals surface area contributed by atoms with Gasteiger partial charge in [-0.1, -0.05) is 37.6 Å². The van der Waals surface area contributed by atoms with Crippen molar-refractivity contribution in [1.29, 1.82) is 0 Å². The van der Waals surface area contributed by atoms with Gasteiger partial charge in [0.2, 0.25) is 15.9 Å². The van der Waals surface area contributed by atoms with Crippen molar-refractivity contribution in [3.63, 3.8) is 0 Å². The highest BCUT2D eigenvalue weighted by molar-refractivity contribution is 7.89. The third-order valence-corrected chi connectivity index (χ3v) is 5.94. The summed E-state index contributed by atoms with van der Waals surface area (Å²) in [5, 5.41) is 3.12. The van der Waals surface area contributed by atoms with Crippen LogP contribution in [-0.4, -0.2) is 32.9 Å². The van der Waals surface area contributed by atoms with Gasteiger partial charge >= 0.3 is 5.97 Å². The van der Waals surface area contributed by atoms with Crippen molar-refractivity contribution in [2.45, 2.75) is 38.1 Å². The van der Waals surface area contributed by atoms with Gasteiger partial charge in [-0.25, -0.2) is 8.42 Å². The molecule has 1 amide bonds. The molecule has 0 aromatic heterocycles. The second-order valence-corrected chi connectivity index (χ2v) is 9.12. The summed E-state index contributed by atoms with van der Waals surface area (Å²) >= 11 is 5.81. The van der Waals surface area contributed by atoms with Crippen LogP contribution in [0, 0.1) is 5.92 Å². The van der Waals surface area contributed by atoms with Gasteiger partial charge < -0.3 is 10.1 Å². The SMILES string of the molecule is CCOC(=O)Cc1ccc(NC(=O)C(NS(=O)(=O)c2ccc(Cl)cc2)C(C)C)cc1. The molecule has 0 heterocycles. The van der Waals surface area contributed by atoms with Gasteiger partial charge in [-0.05, 0) is 54.8 Å². The van der Waals surface area contributed by atoms with Gasteiger partial charge in [0.05, 0.1) is 17.9 Å². The first-order valence-corrected chi connectivity index (χ1v) is 11.3. The molecule has 0 saturated carbocycles. The van der Waals surface area contributed by atoms with Crippen molar-refractivity contribution in [2.24, 2.45) is 5.92 Å². The molecule has 0 radical (unpaired) electrons. The molecule has 0 aliphatic heterocycles. The third kappa shape index (κ3) is 6.83. The number of anilines is 1. The van der Waals surface area contributed by atoms with E-state index in [1.54, 1.807) is 45.0 Å². The van der Waals surface area contributed by atoms with E-state index in [9.17, 15) is 18.0 Å². The Morgan fingerprint density at radius 3 is 2.17 bits per heavy atom. The summed E-state index contributed by atoms with van der Waals surface area (Å²) in [6.07, 6.45) is 0.136. The van der Waals surface area contributed by atoms with Crippen LogP contribution in [0.25, 0.3) is 0 Å². The minimum absolute atomic E-state index is 0.0219. The van der Waals surface area contributed by atoms with Crippen molar-refractivity contribution in [2.75, 3.05) is 11.9 Å². The van der Waals surface area contributed by atoms with Crippen LogP contribution in [0.5, 0.6) is 0 Å². The Kier molecular flexibility index (Phi) is 8.40. The second-order valence-electron chi connectivity index (χ2n) is 6.96. The highest BCUT2D eigenvalue weighted by atomic mass is 35.5.